The topological polar surface area (TPSA) is 13.7 Å². The second kappa shape index (κ2) is 6.06. The Morgan fingerprint density at radius 1 is 1.06 bits per heavy atom. The van der Waals surface area contributed by atoms with Crippen molar-refractivity contribution in [3.8, 4) is 5.75 Å². The lowest BCUT2D eigenvalue weighted by Gasteiger charge is -2.23. The summed E-state index contributed by atoms with van der Waals surface area (Å²) in [5.41, 5.74) is 2.50. The molecule has 1 saturated heterocycles. The predicted molar refractivity (Wildman–Crippen MR) is 70.8 cm³/mol. The second-order valence-electron chi connectivity index (χ2n) is 5.13. The molecule has 17 heavy (non-hydrogen) atoms. The van der Waals surface area contributed by atoms with Crippen molar-refractivity contribution >= 4 is 0 Å². The Kier molecular flexibility index (Phi) is 4.43. The highest BCUT2D eigenvalue weighted by atomic mass is 16.5. The van der Waals surface area contributed by atoms with Gasteiger partial charge in [-0.25, -0.2) is 0 Å². The van der Waals surface area contributed by atoms with Crippen LogP contribution in [-0.4, -0.2) is 26.2 Å². The molecule has 1 heterocycles. The predicted octanol–water partition coefficient (Wildman–Crippen LogP) is 1.75. The van der Waals surface area contributed by atoms with Gasteiger partial charge in [-0.1, -0.05) is 18.2 Å². The lowest BCUT2D eigenvalue weighted by molar-refractivity contribution is -0.904. The van der Waals surface area contributed by atoms with E-state index in [9.17, 15) is 0 Å². The van der Waals surface area contributed by atoms with E-state index >= 15 is 0 Å². The van der Waals surface area contributed by atoms with Gasteiger partial charge in [0.1, 0.15) is 18.9 Å². The second-order valence-corrected chi connectivity index (χ2v) is 5.13. The molecule has 0 amide bonds. The summed E-state index contributed by atoms with van der Waals surface area (Å²) < 4.78 is 5.95. The Labute approximate surface area is 105 Å². The van der Waals surface area contributed by atoms with E-state index in [0.717, 1.165) is 18.9 Å². The highest BCUT2D eigenvalue weighted by Crippen LogP contribution is 2.21. The molecule has 1 N–H and O–H groups in total. The first-order chi connectivity index (χ1) is 8.27. The van der Waals surface area contributed by atoms with Gasteiger partial charge >= 0.3 is 0 Å². The van der Waals surface area contributed by atoms with E-state index in [1.54, 1.807) is 4.90 Å². The van der Waals surface area contributed by atoms with E-state index in [1.165, 1.54) is 43.5 Å². The van der Waals surface area contributed by atoms with Crippen LogP contribution < -0.4 is 9.64 Å². The van der Waals surface area contributed by atoms with Crippen molar-refractivity contribution in [3.05, 3.63) is 29.3 Å². The smallest absolute Gasteiger partial charge is 0.137 e. The van der Waals surface area contributed by atoms with Crippen LogP contribution in [0.4, 0.5) is 0 Å². The van der Waals surface area contributed by atoms with Crippen molar-refractivity contribution in [1.82, 2.24) is 0 Å². The first kappa shape index (κ1) is 12.4. The Morgan fingerprint density at radius 3 is 2.35 bits per heavy atom. The Bertz CT molecular complexity index is 336. The van der Waals surface area contributed by atoms with Crippen LogP contribution in [0.15, 0.2) is 18.2 Å². The maximum atomic E-state index is 5.95. The average molecular weight is 234 g/mol. The molecule has 0 radical (unpaired) electrons. The quantitative estimate of drug-likeness (QED) is 0.838. The molecule has 0 atom stereocenters. The zero-order valence-electron chi connectivity index (χ0n) is 11.1. The fourth-order valence-corrected chi connectivity index (χ4v) is 2.63. The molecule has 1 fully saturated rings. The molecule has 2 nitrogen and oxygen atoms in total. The van der Waals surface area contributed by atoms with Crippen LogP contribution in [0.25, 0.3) is 0 Å². The van der Waals surface area contributed by atoms with Crippen molar-refractivity contribution in [3.63, 3.8) is 0 Å². The zero-order valence-corrected chi connectivity index (χ0v) is 11.1. The van der Waals surface area contributed by atoms with Crippen LogP contribution in [0.2, 0.25) is 0 Å². The molecule has 94 valence electrons. The molecule has 1 aliphatic heterocycles. The molecule has 2 heteroatoms. The van der Waals surface area contributed by atoms with E-state index < -0.39 is 0 Å². The number of likely N-dealkylation sites (tertiary alicyclic amines) is 1. The minimum absolute atomic E-state index is 0.848. The standard InChI is InChI=1S/C15H23NO/c1-13-7-6-8-14(2)15(13)17-12-11-16-9-4-3-5-10-16/h6-8H,3-5,9-12H2,1-2H3/p+1. The number of para-hydroxylation sites is 1. The SMILES string of the molecule is Cc1cccc(C)c1OCC[NH+]1CCCCC1. The molecule has 1 aliphatic rings. The molecule has 0 bridgehead atoms. The lowest BCUT2D eigenvalue weighted by Crippen LogP contribution is -3.13. The summed E-state index contributed by atoms with van der Waals surface area (Å²) in [6.45, 7) is 8.90. The van der Waals surface area contributed by atoms with Crippen LogP contribution in [-0.2, 0) is 0 Å². The van der Waals surface area contributed by atoms with Gasteiger partial charge in [0.05, 0.1) is 13.1 Å². The Balaban J connectivity index is 1.81. The van der Waals surface area contributed by atoms with Crippen molar-refractivity contribution in [2.45, 2.75) is 33.1 Å². The highest BCUT2D eigenvalue weighted by molar-refractivity contribution is 5.39. The van der Waals surface area contributed by atoms with Crippen molar-refractivity contribution in [2.24, 2.45) is 0 Å². The molecular weight excluding hydrogens is 210 g/mol. The first-order valence-corrected chi connectivity index (χ1v) is 6.80. The van der Waals surface area contributed by atoms with Gasteiger partial charge in [0.2, 0.25) is 0 Å². The number of hydrogen-bond acceptors (Lipinski definition) is 1. The molecule has 1 aromatic carbocycles. The van der Waals surface area contributed by atoms with E-state index in [-0.39, 0.29) is 0 Å². The summed E-state index contributed by atoms with van der Waals surface area (Å²) in [5.74, 6) is 1.09. The molecular formula is C15H24NO+. The Morgan fingerprint density at radius 2 is 1.71 bits per heavy atom. The number of piperidine rings is 1. The molecule has 0 unspecified atom stereocenters. The van der Waals surface area contributed by atoms with Crippen LogP contribution in [0.3, 0.4) is 0 Å². The summed E-state index contributed by atoms with van der Waals surface area (Å²) in [6.07, 6.45) is 4.19. The number of aryl methyl sites for hydroxylation is 2. The number of hydrogen-bond donors (Lipinski definition) is 1. The normalized spacial score (nSPS) is 17.1. The largest absolute Gasteiger partial charge is 0.487 e. The van der Waals surface area contributed by atoms with Crippen molar-refractivity contribution < 1.29 is 9.64 Å². The maximum Gasteiger partial charge on any atom is 0.137 e. The van der Waals surface area contributed by atoms with Crippen LogP contribution in [0, 0.1) is 13.8 Å². The number of rotatable bonds is 4. The third kappa shape index (κ3) is 3.47. The third-order valence-electron chi connectivity index (χ3n) is 3.67. The fourth-order valence-electron chi connectivity index (χ4n) is 2.63. The van der Waals surface area contributed by atoms with E-state index in [0.29, 0.717) is 0 Å². The minimum Gasteiger partial charge on any atom is -0.487 e. The van der Waals surface area contributed by atoms with Crippen molar-refractivity contribution in [2.75, 3.05) is 26.2 Å². The van der Waals surface area contributed by atoms with Gasteiger partial charge in [0.25, 0.3) is 0 Å². The van der Waals surface area contributed by atoms with Gasteiger partial charge in [-0.15, -0.1) is 0 Å². The van der Waals surface area contributed by atoms with E-state index in [4.69, 9.17) is 4.74 Å². The highest BCUT2D eigenvalue weighted by Gasteiger charge is 2.13. The molecule has 1 aromatic rings. The first-order valence-electron chi connectivity index (χ1n) is 6.80. The maximum absolute atomic E-state index is 5.95. The van der Waals surface area contributed by atoms with Gasteiger partial charge in [-0.05, 0) is 44.2 Å². The average Bonchev–Trinajstić information content (AvgIpc) is 2.34. The summed E-state index contributed by atoms with van der Waals surface area (Å²) in [4.78, 5) is 1.71. The van der Waals surface area contributed by atoms with Gasteiger partial charge in [-0.3, -0.25) is 0 Å². The van der Waals surface area contributed by atoms with Gasteiger partial charge in [-0.2, -0.15) is 0 Å². The van der Waals surface area contributed by atoms with Crippen LogP contribution in [0.1, 0.15) is 30.4 Å². The fraction of sp³-hybridized carbons (Fsp3) is 0.600. The van der Waals surface area contributed by atoms with Gasteiger partial charge in [0.15, 0.2) is 0 Å². The van der Waals surface area contributed by atoms with Crippen LogP contribution >= 0.6 is 0 Å². The molecule has 0 saturated carbocycles. The molecule has 0 spiro atoms. The van der Waals surface area contributed by atoms with E-state index in [2.05, 4.69) is 32.0 Å². The number of nitrogens with one attached hydrogen (secondary N) is 1. The van der Waals surface area contributed by atoms with Gasteiger partial charge in [0, 0.05) is 0 Å². The Hall–Kier alpha value is -1.02. The minimum atomic E-state index is 0.848. The summed E-state index contributed by atoms with van der Waals surface area (Å²) in [6, 6.07) is 6.33. The van der Waals surface area contributed by atoms with Gasteiger partial charge < -0.3 is 9.64 Å². The number of quaternary nitrogens is 1. The number of ether oxygens (including phenoxy) is 1. The summed E-state index contributed by atoms with van der Waals surface area (Å²) >= 11 is 0. The number of benzene rings is 1. The third-order valence-corrected chi connectivity index (χ3v) is 3.67. The van der Waals surface area contributed by atoms with Crippen LogP contribution in [0.5, 0.6) is 5.75 Å². The molecule has 0 aliphatic carbocycles. The molecule has 0 aromatic heterocycles. The van der Waals surface area contributed by atoms with E-state index in [1.807, 2.05) is 0 Å². The molecule has 2 rings (SSSR count). The zero-order chi connectivity index (χ0) is 12.1. The monoisotopic (exact) mass is 234 g/mol. The van der Waals surface area contributed by atoms with Crippen molar-refractivity contribution in [1.29, 1.82) is 0 Å². The lowest BCUT2D eigenvalue weighted by atomic mass is 10.1. The summed E-state index contributed by atoms with van der Waals surface area (Å²) in [5, 5.41) is 0. The summed E-state index contributed by atoms with van der Waals surface area (Å²) in [7, 11) is 0.